The third kappa shape index (κ3) is 2.40. The van der Waals surface area contributed by atoms with Gasteiger partial charge in [-0.1, -0.05) is 6.07 Å². The molecule has 2 N–H and O–H groups in total. The van der Waals surface area contributed by atoms with Gasteiger partial charge in [0.2, 0.25) is 0 Å². The fourth-order valence-corrected chi connectivity index (χ4v) is 3.67. The summed E-state index contributed by atoms with van der Waals surface area (Å²) in [5.41, 5.74) is 6.66. The van der Waals surface area contributed by atoms with E-state index in [1.807, 2.05) is 0 Å². The van der Waals surface area contributed by atoms with Crippen molar-refractivity contribution in [2.45, 2.75) is 24.2 Å². The molecule has 0 amide bonds. The van der Waals surface area contributed by atoms with Crippen LogP contribution in [0.25, 0.3) is 0 Å². The largest absolute Gasteiger partial charge is 0.330 e. The van der Waals surface area contributed by atoms with Gasteiger partial charge in [0.15, 0.2) is 15.6 Å². The summed E-state index contributed by atoms with van der Waals surface area (Å²) in [5, 5.41) is 0. The summed E-state index contributed by atoms with van der Waals surface area (Å²) in [6.07, 6.45) is 1.65. The Bertz CT molecular complexity index is 549. The van der Waals surface area contributed by atoms with Crippen LogP contribution < -0.4 is 5.73 Å². The zero-order valence-corrected chi connectivity index (χ0v) is 10.3. The Balaban J connectivity index is 2.41. The molecule has 0 aliphatic carbocycles. The Morgan fingerprint density at radius 1 is 1.35 bits per heavy atom. The molecule has 0 atom stereocenters. The molecule has 92 valence electrons. The Labute approximate surface area is 101 Å². The highest BCUT2D eigenvalue weighted by Gasteiger charge is 2.23. The molecule has 0 fully saturated rings. The van der Waals surface area contributed by atoms with Crippen molar-refractivity contribution in [1.29, 1.82) is 0 Å². The van der Waals surface area contributed by atoms with Crippen LogP contribution in [0.3, 0.4) is 0 Å². The van der Waals surface area contributed by atoms with E-state index in [0.29, 0.717) is 29.8 Å². The Hall–Kier alpha value is -1.20. The fourth-order valence-electron chi connectivity index (χ4n) is 2.09. The number of carbonyl (C=O) groups is 1. The van der Waals surface area contributed by atoms with Gasteiger partial charge in [-0.2, -0.15) is 0 Å². The molecular weight excluding hydrogens is 238 g/mol. The third-order valence-electron chi connectivity index (χ3n) is 2.95. The Kier molecular flexibility index (Phi) is 3.31. The number of nitrogens with two attached hydrogens (primary N) is 1. The van der Waals surface area contributed by atoms with Gasteiger partial charge >= 0.3 is 0 Å². The lowest BCUT2D eigenvalue weighted by Gasteiger charge is -2.16. The summed E-state index contributed by atoms with van der Waals surface area (Å²) in [5.74, 6) is 0.175. The van der Waals surface area contributed by atoms with Crippen molar-refractivity contribution in [2.75, 3.05) is 12.3 Å². The quantitative estimate of drug-likeness (QED) is 0.813. The molecule has 17 heavy (non-hydrogen) atoms. The zero-order valence-electron chi connectivity index (χ0n) is 9.48. The average Bonchev–Trinajstić information content (AvgIpc) is 2.28. The van der Waals surface area contributed by atoms with Crippen LogP contribution in [0, 0.1) is 0 Å². The van der Waals surface area contributed by atoms with Crippen molar-refractivity contribution in [2.24, 2.45) is 5.73 Å². The number of fused-ring (bicyclic) bond motifs is 1. The Morgan fingerprint density at radius 2 is 2.12 bits per heavy atom. The highest BCUT2D eigenvalue weighted by Crippen LogP contribution is 2.26. The van der Waals surface area contributed by atoms with Gasteiger partial charge in [0.05, 0.1) is 10.6 Å². The van der Waals surface area contributed by atoms with E-state index in [2.05, 4.69) is 0 Å². The van der Waals surface area contributed by atoms with Gasteiger partial charge in [0.25, 0.3) is 0 Å². The van der Waals surface area contributed by atoms with Crippen LogP contribution in [0.15, 0.2) is 23.1 Å². The smallest absolute Gasteiger partial charge is 0.178 e. The first-order chi connectivity index (χ1) is 8.04. The first-order valence-corrected chi connectivity index (χ1v) is 7.29. The number of carbonyl (C=O) groups excluding carboxylic acids is 1. The summed E-state index contributed by atoms with van der Waals surface area (Å²) in [6.45, 7) is 0.314. The molecule has 0 bridgehead atoms. The van der Waals surface area contributed by atoms with E-state index in [4.69, 9.17) is 5.73 Å². The van der Waals surface area contributed by atoms with Crippen LogP contribution in [0.5, 0.6) is 0 Å². The normalized spacial score (nSPS) is 17.5. The fraction of sp³-hybridized carbons (Fsp3) is 0.417. The summed E-state index contributed by atoms with van der Waals surface area (Å²) >= 11 is 0. The second-order valence-corrected chi connectivity index (χ2v) is 6.28. The topological polar surface area (TPSA) is 77.2 Å². The van der Waals surface area contributed by atoms with E-state index in [-0.39, 0.29) is 11.5 Å². The minimum Gasteiger partial charge on any atom is -0.330 e. The molecule has 0 radical (unpaired) electrons. The number of aryl methyl sites for hydroxylation is 1. The lowest BCUT2D eigenvalue weighted by atomic mass is 10.0. The molecule has 1 aromatic carbocycles. The van der Waals surface area contributed by atoms with E-state index < -0.39 is 9.84 Å². The maximum Gasteiger partial charge on any atom is 0.178 e. The SMILES string of the molecule is NCCC(=O)c1ccc2c(c1)CCCS2(=O)=O. The molecule has 0 unspecified atom stereocenters. The number of benzene rings is 1. The molecule has 5 heteroatoms. The van der Waals surface area contributed by atoms with Gasteiger partial charge in [-0.25, -0.2) is 8.42 Å². The molecule has 1 aliphatic heterocycles. The maximum atomic E-state index is 11.8. The lowest BCUT2D eigenvalue weighted by molar-refractivity contribution is 0.0985. The number of rotatable bonds is 3. The first-order valence-electron chi connectivity index (χ1n) is 5.63. The third-order valence-corrected chi connectivity index (χ3v) is 4.84. The van der Waals surface area contributed by atoms with Crippen LogP contribution in [0.1, 0.15) is 28.8 Å². The molecule has 0 saturated heterocycles. The van der Waals surface area contributed by atoms with Crippen molar-refractivity contribution in [3.8, 4) is 0 Å². The summed E-state index contributed by atoms with van der Waals surface area (Å²) in [6, 6.07) is 4.83. The van der Waals surface area contributed by atoms with Gasteiger partial charge in [0, 0.05) is 12.0 Å². The lowest BCUT2D eigenvalue weighted by Crippen LogP contribution is -2.17. The minimum absolute atomic E-state index is 0.0294. The zero-order chi connectivity index (χ0) is 12.5. The van der Waals surface area contributed by atoms with Crippen molar-refractivity contribution in [1.82, 2.24) is 0 Å². The van der Waals surface area contributed by atoms with Crippen molar-refractivity contribution >= 4 is 15.6 Å². The van der Waals surface area contributed by atoms with Gasteiger partial charge < -0.3 is 5.73 Å². The van der Waals surface area contributed by atoms with Crippen molar-refractivity contribution in [3.63, 3.8) is 0 Å². The van der Waals surface area contributed by atoms with E-state index >= 15 is 0 Å². The molecule has 2 rings (SSSR count). The molecule has 0 aromatic heterocycles. The molecule has 1 heterocycles. The van der Waals surface area contributed by atoms with Crippen molar-refractivity contribution < 1.29 is 13.2 Å². The summed E-state index contributed by atoms with van der Waals surface area (Å²) in [7, 11) is -3.13. The van der Waals surface area contributed by atoms with E-state index in [0.717, 1.165) is 12.0 Å². The van der Waals surface area contributed by atoms with Gasteiger partial charge in [-0.05, 0) is 37.1 Å². The maximum absolute atomic E-state index is 11.8. The van der Waals surface area contributed by atoms with E-state index in [1.165, 1.54) is 0 Å². The van der Waals surface area contributed by atoms with Crippen LogP contribution >= 0.6 is 0 Å². The van der Waals surface area contributed by atoms with E-state index in [9.17, 15) is 13.2 Å². The predicted molar refractivity (Wildman–Crippen MR) is 64.8 cm³/mol. The van der Waals surface area contributed by atoms with E-state index in [1.54, 1.807) is 18.2 Å². The highest BCUT2D eigenvalue weighted by atomic mass is 32.2. The molecule has 0 spiro atoms. The van der Waals surface area contributed by atoms with Crippen LogP contribution in [-0.2, 0) is 16.3 Å². The second kappa shape index (κ2) is 4.58. The van der Waals surface area contributed by atoms with Crippen molar-refractivity contribution in [3.05, 3.63) is 29.3 Å². The van der Waals surface area contributed by atoms with Gasteiger partial charge in [0.1, 0.15) is 0 Å². The Morgan fingerprint density at radius 3 is 2.82 bits per heavy atom. The number of ketones is 1. The number of sulfone groups is 1. The van der Waals surface area contributed by atoms with Gasteiger partial charge in [-0.15, -0.1) is 0 Å². The summed E-state index contributed by atoms with van der Waals surface area (Å²) in [4.78, 5) is 12.0. The second-order valence-electron chi connectivity index (χ2n) is 4.21. The van der Waals surface area contributed by atoms with Crippen LogP contribution in [-0.4, -0.2) is 26.5 Å². The molecule has 1 aliphatic rings. The van der Waals surface area contributed by atoms with Crippen LogP contribution in [0.4, 0.5) is 0 Å². The molecule has 1 aromatic rings. The van der Waals surface area contributed by atoms with Crippen LogP contribution in [0.2, 0.25) is 0 Å². The number of hydrogen-bond donors (Lipinski definition) is 1. The van der Waals surface area contributed by atoms with Gasteiger partial charge in [-0.3, -0.25) is 4.79 Å². The molecular formula is C12H15NO3S. The minimum atomic E-state index is -3.13. The monoisotopic (exact) mass is 253 g/mol. The predicted octanol–water partition coefficient (Wildman–Crippen LogP) is 0.938. The highest BCUT2D eigenvalue weighted by molar-refractivity contribution is 7.91. The molecule has 0 saturated carbocycles. The number of hydrogen-bond acceptors (Lipinski definition) is 4. The molecule has 4 nitrogen and oxygen atoms in total. The first kappa shape index (κ1) is 12.3. The summed E-state index contributed by atoms with van der Waals surface area (Å²) < 4.78 is 23.5. The number of Topliss-reactive ketones (excluding diaryl/α,β-unsaturated/α-hetero) is 1. The average molecular weight is 253 g/mol. The standard InChI is InChI=1S/C12H15NO3S/c13-6-5-11(14)9-3-4-12-10(8-9)2-1-7-17(12,15)16/h3-4,8H,1-2,5-7,13H2.